The molecule has 112 valence electrons. The maximum Gasteiger partial charge on any atom is 0.273 e. The number of rotatable bonds is 5. The van der Waals surface area contributed by atoms with Gasteiger partial charge in [0.15, 0.2) is 0 Å². The lowest BCUT2D eigenvalue weighted by Gasteiger charge is -2.20. The fourth-order valence-corrected chi connectivity index (χ4v) is 2.32. The molecular formula is C15H19N3O3. The molecule has 0 saturated carbocycles. The standard InChI is InChI=1S/C15H19N3O3/c1-3-9-17(4-2)13(19)10-18-15(21)12-8-6-5-7-11(12)14(20)16-18/h5-8H,3-4,9-10H2,1-2H3,(H,16,20). The Morgan fingerprint density at radius 1 is 1.19 bits per heavy atom. The van der Waals surface area contributed by atoms with Crippen molar-refractivity contribution in [3.8, 4) is 0 Å². The average Bonchev–Trinajstić information content (AvgIpc) is 2.50. The van der Waals surface area contributed by atoms with E-state index in [0.29, 0.717) is 23.9 Å². The lowest BCUT2D eigenvalue weighted by Crippen LogP contribution is -2.39. The van der Waals surface area contributed by atoms with Crippen molar-refractivity contribution in [1.82, 2.24) is 14.7 Å². The van der Waals surface area contributed by atoms with E-state index < -0.39 is 0 Å². The maximum absolute atomic E-state index is 12.3. The molecule has 1 amide bonds. The second-order valence-corrected chi connectivity index (χ2v) is 4.85. The molecule has 2 rings (SSSR count). The summed E-state index contributed by atoms with van der Waals surface area (Å²) in [6.07, 6.45) is 0.850. The third-order valence-electron chi connectivity index (χ3n) is 3.41. The van der Waals surface area contributed by atoms with E-state index in [1.54, 1.807) is 29.2 Å². The Morgan fingerprint density at radius 3 is 2.48 bits per heavy atom. The minimum Gasteiger partial charge on any atom is -0.341 e. The molecule has 0 fully saturated rings. The molecule has 0 aliphatic heterocycles. The number of hydrogen-bond donors (Lipinski definition) is 1. The summed E-state index contributed by atoms with van der Waals surface area (Å²) in [5.74, 6) is -0.174. The van der Waals surface area contributed by atoms with Crippen LogP contribution in [-0.4, -0.2) is 33.7 Å². The second-order valence-electron chi connectivity index (χ2n) is 4.85. The zero-order valence-corrected chi connectivity index (χ0v) is 12.3. The summed E-state index contributed by atoms with van der Waals surface area (Å²) < 4.78 is 1.09. The van der Waals surface area contributed by atoms with Crippen molar-refractivity contribution < 1.29 is 4.79 Å². The average molecular weight is 289 g/mol. The lowest BCUT2D eigenvalue weighted by molar-refractivity contribution is -0.131. The van der Waals surface area contributed by atoms with Crippen molar-refractivity contribution in [2.24, 2.45) is 0 Å². The number of amides is 1. The highest BCUT2D eigenvalue weighted by atomic mass is 16.2. The Morgan fingerprint density at radius 2 is 1.86 bits per heavy atom. The van der Waals surface area contributed by atoms with Gasteiger partial charge in [-0.2, -0.15) is 0 Å². The zero-order chi connectivity index (χ0) is 15.4. The smallest absolute Gasteiger partial charge is 0.273 e. The number of aromatic amines is 1. The van der Waals surface area contributed by atoms with Gasteiger partial charge in [0.05, 0.1) is 10.8 Å². The summed E-state index contributed by atoms with van der Waals surface area (Å²) in [5.41, 5.74) is -0.720. The van der Waals surface area contributed by atoms with Crippen molar-refractivity contribution in [2.45, 2.75) is 26.8 Å². The van der Waals surface area contributed by atoms with Crippen molar-refractivity contribution in [3.05, 3.63) is 45.0 Å². The van der Waals surface area contributed by atoms with Gasteiger partial charge in [-0.05, 0) is 25.5 Å². The molecular weight excluding hydrogens is 270 g/mol. The molecule has 1 heterocycles. The Hall–Kier alpha value is -2.37. The first-order chi connectivity index (χ1) is 10.1. The van der Waals surface area contributed by atoms with Gasteiger partial charge in [-0.1, -0.05) is 19.1 Å². The van der Waals surface area contributed by atoms with Crippen LogP contribution in [0.25, 0.3) is 10.8 Å². The van der Waals surface area contributed by atoms with Crippen LogP contribution in [0.2, 0.25) is 0 Å². The van der Waals surface area contributed by atoms with E-state index in [1.807, 2.05) is 13.8 Å². The molecule has 0 saturated heterocycles. The number of aromatic nitrogens is 2. The Balaban J connectivity index is 2.40. The van der Waals surface area contributed by atoms with Gasteiger partial charge in [0, 0.05) is 13.1 Å². The third kappa shape index (κ3) is 3.04. The van der Waals surface area contributed by atoms with Gasteiger partial charge in [-0.15, -0.1) is 0 Å². The van der Waals surface area contributed by atoms with Crippen LogP contribution in [-0.2, 0) is 11.3 Å². The van der Waals surface area contributed by atoms with E-state index in [2.05, 4.69) is 5.10 Å². The molecule has 1 N–H and O–H groups in total. The van der Waals surface area contributed by atoms with Crippen LogP contribution in [0.1, 0.15) is 20.3 Å². The van der Waals surface area contributed by atoms with Gasteiger partial charge in [-0.3, -0.25) is 19.5 Å². The van der Waals surface area contributed by atoms with Crippen LogP contribution in [0.5, 0.6) is 0 Å². The van der Waals surface area contributed by atoms with Gasteiger partial charge in [0.2, 0.25) is 5.91 Å². The van der Waals surface area contributed by atoms with E-state index in [9.17, 15) is 14.4 Å². The molecule has 0 spiro atoms. The Labute approximate surface area is 122 Å². The quantitative estimate of drug-likeness (QED) is 0.890. The van der Waals surface area contributed by atoms with Crippen LogP contribution in [0, 0.1) is 0 Å². The van der Waals surface area contributed by atoms with Crippen molar-refractivity contribution in [3.63, 3.8) is 0 Å². The summed E-state index contributed by atoms with van der Waals surface area (Å²) in [6, 6.07) is 6.59. The second kappa shape index (κ2) is 6.39. The fraction of sp³-hybridized carbons (Fsp3) is 0.400. The highest BCUT2D eigenvalue weighted by molar-refractivity contribution is 5.81. The predicted octanol–water partition coefficient (Wildman–Crippen LogP) is 0.948. The van der Waals surface area contributed by atoms with Crippen LogP contribution in [0.3, 0.4) is 0 Å². The molecule has 0 radical (unpaired) electrons. The molecule has 6 nitrogen and oxygen atoms in total. The van der Waals surface area contributed by atoms with E-state index in [4.69, 9.17) is 0 Å². The Kier molecular flexibility index (Phi) is 4.57. The highest BCUT2D eigenvalue weighted by Crippen LogP contribution is 2.02. The number of nitrogens with zero attached hydrogens (tertiary/aromatic N) is 2. The van der Waals surface area contributed by atoms with Gasteiger partial charge in [-0.25, -0.2) is 4.68 Å². The molecule has 0 atom stereocenters. The van der Waals surface area contributed by atoms with Crippen molar-refractivity contribution >= 4 is 16.7 Å². The number of H-pyrrole nitrogens is 1. The number of carbonyl (C=O) groups excluding carboxylic acids is 1. The number of nitrogens with one attached hydrogen (secondary N) is 1. The third-order valence-corrected chi connectivity index (χ3v) is 3.41. The number of hydrogen-bond acceptors (Lipinski definition) is 3. The first-order valence-electron chi connectivity index (χ1n) is 7.08. The minimum absolute atomic E-state index is 0.146. The maximum atomic E-state index is 12.3. The monoisotopic (exact) mass is 289 g/mol. The largest absolute Gasteiger partial charge is 0.341 e. The normalized spacial score (nSPS) is 10.8. The molecule has 0 aliphatic carbocycles. The van der Waals surface area contributed by atoms with Gasteiger partial charge >= 0.3 is 0 Å². The summed E-state index contributed by atoms with van der Waals surface area (Å²) in [4.78, 5) is 38.1. The molecule has 0 bridgehead atoms. The van der Waals surface area contributed by atoms with Crippen LogP contribution in [0.4, 0.5) is 0 Å². The lowest BCUT2D eigenvalue weighted by atomic mass is 10.2. The molecule has 21 heavy (non-hydrogen) atoms. The summed E-state index contributed by atoms with van der Waals surface area (Å²) in [7, 11) is 0. The SMILES string of the molecule is CCCN(CC)C(=O)Cn1[nH]c(=O)c2ccccc2c1=O. The van der Waals surface area contributed by atoms with E-state index in [0.717, 1.165) is 11.1 Å². The topological polar surface area (TPSA) is 75.2 Å². The highest BCUT2D eigenvalue weighted by Gasteiger charge is 2.14. The van der Waals surface area contributed by atoms with Crippen molar-refractivity contribution in [1.29, 1.82) is 0 Å². The molecule has 6 heteroatoms. The number of likely N-dealkylation sites (N-methyl/N-ethyl adjacent to an activating group) is 1. The predicted molar refractivity (Wildman–Crippen MR) is 81.4 cm³/mol. The molecule has 1 aromatic heterocycles. The number of benzene rings is 1. The first-order valence-corrected chi connectivity index (χ1v) is 7.08. The zero-order valence-electron chi connectivity index (χ0n) is 12.3. The first kappa shape index (κ1) is 15.0. The van der Waals surface area contributed by atoms with Gasteiger partial charge in [0.25, 0.3) is 11.1 Å². The van der Waals surface area contributed by atoms with Crippen LogP contribution < -0.4 is 11.1 Å². The molecule has 1 aromatic carbocycles. The summed E-state index contributed by atoms with van der Waals surface area (Å²) in [6.45, 7) is 4.95. The molecule has 0 aliphatic rings. The number of fused-ring (bicyclic) bond motifs is 1. The van der Waals surface area contributed by atoms with Gasteiger partial charge in [0.1, 0.15) is 6.54 Å². The van der Waals surface area contributed by atoms with Crippen LogP contribution >= 0.6 is 0 Å². The van der Waals surface area contributed by atoms with E-state index >= 15 is 0 Å². The van der Waals surface area contributed by atoms with Gasteiger partial charge < -0.3 is 4.90 Å². The molecule has 0 unspecified atom stereocenters. The van der Waals surface area contributed by atoms with E-state index in [1.165, 1.54) is 0 Å². The summed E-state index contributed by atoms with van der Waals surface area (Å²) >= 11 is 0. The van der Waals surface area contributed by atoms with E-state index in [-0.39, 0.29) is 23.6 Å². The number of carbonyl (C=O) groups is 1. The Bertz CT molecular complexity index is 761. The summed E-state index contributed by atoms with van der Waals surface area (Å²) in [5, 5.41) is 3.14. The fourth-order valence-electron chi connectivity index (χ4n) is 2.32. The van der Waals surface area contributed by atoms with Crippen LogP contribution in [0.15, 0.2) is 33.9 Å². The minimum atomic E-state index is -0.364. The van der Waals surface area contributed by atoms with Crippen molar-refractivity contribution in [2.75, 3.05) is 13.1 Å². The molecule has 2 aromatic rings.